The van der Waals surface area contributed by atoms with Crippen molar-refractivity contribution in [3.05, 3.63) is 59.0 Å². The molecule has 0 N–H and O–H groups in total. The van der Waals surface area contributed by atoms with Crippen LogP contribution in [0.15, 0.2) is 48.5 Å². The molecule has 2 atom stereocenters. The maximum atomic E-state index is 12.9. The number of thiophene rings is 1. The highest BCUT2D eigenvalue weighted by atomic mass is 32.2. The van der Waals surface area contributed by atoms with Gasteiger partial charge in [0.2, 0.25) is 5.91 Å². The molecule has 2 unspecified atom stereocenters. The summed E-state index contributed by atoms with van der Waals surface area (Å²) in [6.07, 6.45) is 0. The molecule has 6 heteroatoms. The predicted octanol–water partition coefficient (Wildman–Crippen LogP) is 5.08. The molecule has 0 spiro atoms. The molecule has 0 aliphatic carbocycles. The van der Waals surface area contributed by atoms with Crippen LogP contribution in [0, 0.1) is 0 Å². The molecule has 2 aromatic carbocycles. The van der Waals surface area contributed by atoms with Crippen LogP contribution >= 0.6 is 23.1 Å². The van der Waals surface area contributed by atoms with Crippen molar-refractivity contribution >= 4 is 39.1 Å². The van der Waals surface area contributed by atoms with Crippen LogP contribution in [-0.2, 0) is 11.3 Å². The largest absolute Gasteiger partial charge is 0.496 e. The van der Waals surface area contributed by atoms with E-state index in [1.807, 2.05) is 42.2 Å². The SMILES string of the molecule is COc1cccc(OC)c1C1SC(C)C(=O)N1Cc1cc2ccccc2s1. The summed E-state index contributed by atoms with van der Waals surface area (Å²) < 4.78 is 12.4. The Morgan fingerprint density at radius 2 is 1.74 bits per heavy atom. The first kappa shape index (κ1) is 18.2. The van der Waals surface area contributed by atoms with Gasteiger partial charge in [-0.1, -0.05) is 24.3 Å². The van der Waals surface area contributed by atoms with E-state index < -0.39 is 0 Å². The van der Waals surface area contributed by atoms with Crippen LogP contribution in [0.3, 0.4) is 0 Å². The van der Waals surface area contributed by atoms with Gasteiger partial charge in [-0.3, -0.25) is 4.79 Å². The van der Waals surface area contributed by atoms with Crippen molar-refractivity contribution in [2.75, 3.05) is 14.2 Å². The second-order valence-corrected chi connectivity index (χ2v) is 9.02. The third kappa shape index (κ3) is 3.28. The molecule has 4 rings (SSSR count). The Morgan fingerprint density at radius 3 is 2.41 bits per heavy atom. The second kappa shape index (κ2) is 7.44. The van der Waals surface area contributed by atoms with Crippen LogP contribution in [0.1, 0.15) is 22.7 Å². The molecule has 1 fully saturated rings. The van der Waals surface area contributed by atoms with Crippen molar-refractivity contribution < 1.29 is 14.3 Å². The molecule has 1 aliphatic rings. The van der Waals surface area contributed by atoms with E-state index in [4.69, 9.17) is 9.47 Å². The van der Waals surface area contributed by atoms with E-state index in [9.17, 15) is 4.79 Å². The first-order chi connectivity index (χ1) is 13.1. The number of fused-ring (bicyclic) bond motifs is 1. The number of benzene rings is 2. The first-order valence-electron chi connectivity index (χ1n) is 8.76. The van der Waals surface area contributed by atoms with Gasteiger partial charge in [-0.2, -0.15) is 0 Å². The van der Waals surface area contributed by atoms with Crippen LogP contribution in [0.25, 0.3) is 10.1 Å². The number of hydrogen-bond acceptors (Lipinski definition) is 5. The quantitative estimate of drug-likeness (QED) is 0.600. The minimum absolute atomic E-state index is 0.0982. The Hall–Kier alpha value is -2.18. The van der Waals surface area contributed by atoms with E-state index in [1.54, 1.807) is 37.3 Å². The first-order valence-corrected chi connectivity index (χ1v) is 10.5. The monoisotopic (exact) mass is 399 g/mol. The van der Waals surface area contributed by atoms with Gasteiger partial charge in [0, 0.05) is 9.58 Å². The average molecular weight is 400 g/mol. The molecule has 140 valence electrons. The molecule has 1 saturated heterocycles. The van der Waals surface area contributed by atoms with Gasteiger partial charge in [-0.05, 0) is 36.6 Å². The summed E-state index contributed by atoms with van der Waals surface area (Å²) in [5.74, 6) is 1.64. The summed E-state index contributed by atoms with van der Waals surface area (Å²) in [5, 5.41) is 0.985. The van der Waals surface area contributed by atoms with Crippen molar-refractivity contribution in [1.29, 1.82) is 0 Å². The lowest BCUT2D eigenvalue weighted by Crippen LogP contribution is -2.29. The number of carbonyl (C=O) groups excluding carboxylic acids is 1. The average Bonchev–Trinajstić information content (AvgIpc) is 3.22. The van der Waals surface area contributed by atoms with Crippen molar-refractivity contribution in [3.8, 4) is 11.5 Å². The molecule has 1 aliphatic heterocycles. The zero-order valence-electron chi connectivity index (χ0n) is 15.5. The number of hydrogen-bond donors (Lipinski definition) is 0. The highest BCUT2D eigenvalue weighted by Gasteiger charge is 2.41. The minimum atomic E-state index is -0.135. The topological polar surface area (TPSA) is 38.8 Å². The van der Waals surface area contributed by atoms with Gasteiger partial charge in [-0.15, -0.1) is 23.1 Å². The summed E-state index contributed by atoms with van der Waals surface area (Å²) in [5.41, 5.74) is 0.923. The van der Waals surface area contributed by atoms with E-state index in [-0.39, 0.29) is 16.5 Å². The molecule has 0 bridgehead atoms. The zero-order valence-corrected chi connectivity index (χ0v) is 17.1. The van der Waals surface area contributed by atoms with E-state index in [2.05, 4.69) is 18.2 Å². The molecule has 0 saturated carbocycles. The molecule has 1 amide bonds. The van der Waals surface area contributed by atoms with Gasteiger partial charge < -0.3 is 14.4 Å². The standard InChI is InChI=1S/C21H21NO3S2/c1-13-20(23)22(12-15-11-14-7-4-5-10-18(14)27-15)21(26-13)19-16(24-2)8-6-9-17(19)25-3/h4-11,13,21H,12H2,1-3H3. The highest BCUT2D eigenvalue weighted by Crippen LogP contribution is 2.50. The smallest absolute Gasteiger partial charge is 0.237 e. The Bertz CT molecular complexity index is 929. The molecule has 1 aromatic heterocycles. The lowest BCUT2D eigenvalue weighted by atomic mass is 10.1. The molecule has 4 nitrogen and oxygen atoms in total. The maximum Gasteiger partial charge on any atom is 0.237 e. The van der Waals surface area contributed by atoms with Crippen LogP contribution in [0.4, 0.5) is 0 Å². The van der Waals surface area contributed by atoms with Crippen LogP contribution in [0.5, 0.6) is 11.5 Å². The van der Waals surface area contributed by atoms with Crippen LogP contribution in [0.2, 0.25) is 0 Å². The summed E-state index contributed by atoms with van der Waals surface area (Å²) in [6.45, 7) is 2.55. The van der Waals surface area contributed by atoms with Gasteiger partial charge in [0.1, 0.15) is 16.9 Å². The van der Waals surface area contributed by atoms with Crippen molar-refractivity contribution in [2.24, 2.45) is 0 Å². The van der Waals surface area contributed by atoms with E-state index in [0.29, 0.717) is 6.54 Å². The molecule has 2 heterocycles. The number of nitrogens with zero attached hydrogens (tertiary/aromatic N) is 1. The fourth-order valence-corrected chi connectivity index (χ4v) is 5.86. The Kier molecular flexibility index (Phi) is 5.02. The second-order valence-electron chi connectivity index (χ2n) is 6.42. The van der Waals surface area contributed by atoms with Crippen molar-refractivity contribution in [1.82, 2.24) is 4.90 Å². The number of amides is 1. The maximum absolute atomic E-state index is 12.9. The van der Waals surface area contributed by atoms with Crippen molar-refractivity contribution in [2.45, 2.75) is 24.1 Å². The van der Waals surface area contributed by atoms with Gasteiger partial charge in [-0.25, -0.2) is 0 Å². The molecule has 3 aromatic rings. The summed E-state index contributed by atoms with van der Waals surface area (Å²) in [6, 6.07) is 16.2. The van der Waals surface area contributed by atoms with Gasteiger partial charge in [0.25, 0.3) is 0 Å². The Morgan fingerprint density at radius 1 is 1.04 bits per heavy atom. The van der Waals surface area contributed by atoms with Gasteiger partial charge in [0.15, 0.2) is 0 Å². The van der Waals surface area contributed by atoms with Gasteiger partial charge >= 0.3 is 0 Å². The fraction of sp³-hybridized carbons (Fsp3) is 0.286. The Balaban J connectivity index is 1.73. The zero-order chi connectivity index (χ0) is 19.0. The number of methoxy groups -OCH3 is 2. The van der Waals surface area contributed by atoms with E-state index in [0.717, 1.165) is 17.1 Å². The predicted molar refractivity (Wildman–Crippen MR) is 112 cm³/mol. The summed E-state index contributed by atoms with van der Waals surface area (Å²) >= 11 is 3.38. The van der Waals surface area contributed by atoms with Crippen molar-refractivity contribution in [3.63, 3.8) is 0 Å². The van der Waals surface area contributed by atoms with Crippen LogP contribution < -0.4 is 9.47 Å². The fourth-order valence-electron chi connectivity index (χ4n) is 3.46. The lowest BCUT2D eigenvalue weighted by Gasteiger charge is -2.26. The van der Waals surface area contributed by atoms with E-state index in [1.165, 1.54) is 15.0 Å². The number of ether oxygens (including phenoxy) is 2. The highest BCUT2D eigenvalue weighted by molar-refractivity contribution is 8.01. The summed E-state index contributed by atoms with van der Waals surface area (Å²) in [7, 11) is 3.30. The number of rotatable bonds is 5. The normalized spacial score (nSPS) is 19.7. The molecular formula is C21H21NO3S2. The minimum Gasteiger partial charge on any atom is -0.496 e. The number of thioether (sulfide) groups is 1. The third-order valence-corrected chi connectivity index (χ3v) is 7.22. The molecular weight excluding hydrogens is 378 g/mol. The Labute approximate surface area is 167 Å². The number of carbonyl (C=O) groups is 1. The van der Waals surface area contributed by atoms with Gasteiger partial charge in [0.05, 0.1) is 31.6 Å². The van der Waals surface area contributed by atoms with E-state index >= 15 is 0 Å². The lowest BCUT2D eigenvalue weighted by molar-refractivity contribution is -0.130. The summed E-state index contributed by atoms with van der Waals surface area (Å²) in [4.78, 5) is 16.1. The molecule has 27 heavy (non-hydrogen) atoms. The third-order valence-electron chi connectivity index (χ3n) is 4.76. The van der Waals surface area contributed by atoms with Crippen LogP contribution in [-0.4, -0.2) is 30.3 Å². The molecule has 0 radical (unpaired) electrons.